The van der Waals surface area contributed by atoms with Crippen LogP contribution < -0.4 is 14.2 Å². The Bertz CT molecular complexity index is 1220. The van der Waals surface area contributed by atoms with Gasteiger partial charge in [0.05, 0.1) is 20.3 Å². The lowest BCUT2D eigenvalue weighted by atomic mass is 9.99. The first-order chi connectivity index (χ1) is 20.1. The highest BCUT2D eigenvalue weighted by molar-refractivity contribution is 6.07. The van der Waals surface area contributed by atoms with Gasteiger partial charge in [0.25, 0.3) is 0 Å². The number of carbonyl (C=O) groups excluding carboxylic acids is 1. The van der Waals surface area contributed by atoms with Crippen molar-refractivity contribution in [2.75, 3.05) is 20.3 Å². The van der Waals surface area contributed by atoms with Gasteiger partial charge in [-0.15, -0.1) is 0 Å². The molecule has 10 atom stereocenters. The fourth-order valence-corrected chi connectivity index (χ4v) is 4.46. The molecule has 0 radical (unpaired) electrons. The summed E-state index contributed by atoms with van der Waals surface area (Å²) in [5.74, 6) is 0.341. The van der Waals surface area contributed by atoms with Crippen molar-refractivity contribution in [2.45, 2.75) is 61.4 Å². The third kappa shape index (κ3) is 6.90. The summed E-state index contributed by atoms with van der Waals surface area (Å²) < 4.78 is 27.2. The van der Waals surface area contributed by atoms with Crippen molar-refractivity contribution < 1.29 is 69.3 Å². The van der Waals surface area contributed by atoms with Crippen molar-refractivity contribution in [2.24, 2.45) is 0 Å². The van der Waals surface area contributed by atoms with E-state index in [4.69, 9.17) is 23.7 Å². The lowest BCUT2D eigenvalue weighted by molar-refractivity contribution is -0.277. The Labute approximate surface area is 240 Å². The molecule has 2 aromatic carbocycles. The maximum absolute atomic E-state index is 12.8. The highest BCUT2D eigenvalue weighted by Crippen LogP contribution is 2.30. The average molecular weight is 595 g/mol. The summed E-state index contributed by atoms with van der Waals surface area (Å²) in [5, 5.41) is 78.6. The molecule has 2 aliphatic heterocycles. The van der Waals surface area contributed by atoms with Crippen LogP contribution in [0.3, 0.4) is 0 Å². The average Bonchev–Trinajstić information content (AvgIpc) is 3.00. The molecule has 4 rings (SSSR count). The van der Waals surface area contributed by atoms with E-state index in [-0.39, 0.29) is 17.3 Å². The molecule has 8 N–H and O–H groups in total. The molecule has 42 heavy (non-hydrogen) atoms. The number of aliphatic hydroxyl groups excluding tert-OH is 8. The fraction of sp³-hybridized carbons (Fsp3) is 0.464. The molecule has 2 saturated heterocycles. The van der Waals surface area contributed by atoms with Crippen molar-refractivity contribution in [3.8, 4) is 17.2 Å². The quantitative estimate of drug-likeness (QED) is 0.110. The molecule has 0 aliphatic carbocycles. The summed E-state index contributed by atoms with van der Waals surface area (Å²) in [6, 6.07) is 10.4. The van der Waals surface area contributed by atoms with Gasteiger partial charge in [-0.25, -0.2) is 0 Å². The van der Waals surface area contributed by atoms with E-state index in [0.717, 1.165) is 0 Å². The van der Waals surface area contributed by atoms with Gasteiger partial charge in [-0.2, -0.15) is 0 Å². The number of carbonyl (C=O) groups is 1. The van der Waals surface area contributed by atoms with Gasteiger partial charge in [0.15, 0.2) is 5.78 Å². The van der Waals surface area contributed by atoms with E-state index in [9.17, 15) is 45.6 Å². The minimum atomic E-state index is -1.59. The molecule has 14 heteroatoms. The van der Waals surface area contributed by atoms with E-state index in [1.54, 1.807) is 6.07 Å². The molecule has 0 bridgehead atoms. The molecule has 0 saturated carbocycles. The second-order valence-corrected chi connectivity index (χ2v) is 9.76. The van der Waals surface area contributed by atoms with Crippen LogP contribution >= 0.6 is 0 Å². The van der Waals surface area contributed by atoms with E-state index in [2.05, 4.69) is 0 Å². The van der Waals surface area contributed by atoms with Crippen molar-refractivity contribution >= 4 is 11.9 Å². The van der Waals surface area contributed by atoms with Crippen LogP contribution in [0.15, 0.2) is 48.5 Å². The Morgan fingerprint density at radius 1 is 0.738 bits per heavy atom. The van der Waals surface area contributed by atoms with E-state index >= 15 is 0 Å². The van der Waals surface area contributed by atoms with Gasteiger partial charge in [0.1, 0.15) is 66.1 Å². The van der Waals surface area contributed by atoms with Crippen LogP contribution in [0.5, 0.6) is 17.2 Å². The number of rotatable bonds is 10. The van der Waals surface area contributed by atoms with E-state index in [1.807, 2.05) is 0 Å². The first-order valence-corrected chi connectivity index (χ1v) is 13.0. The second kappa shape index (κ2) is 13.9. The van der Waals surface area contributed by atoms with Crippen LogP contribution in [0.1, 0.15) is 15.9 Å². The minimum absolute atomic E-state index is 0.189. The highest BCUT2D eigenvalue weighted by atomic mass is 16.7. The molecule has 230 valence electrons. The van der Waals surface area contributed by atoms with Crippen molar-refractivity contribution in [3.63, 3.8) is 0 Å². The van der Waals surface area contributed by atoms with Gasteiger partial charge in [-0.1, -0.05) is 0 Å². The lowest BCUT2D eigenvalue weighted by Gasteiger charge is -2.39. The number of ketones is 1. The van der Waals surface area contributed by atoms with Crippen LogP contribution in [-0.2, 0) is 9.47 Å². The topological polar surface area (TPSA) is 225 Å². The molecule has 0 spiro atoms. The van der Waals surface area contributed by atoms with Gasteiger partial charge < -0.3 is 64.5 Å². The molecule has 2 aromatic rings. The molecule has 0 aromatic heterocycles. The van der Waals surface area contributed by atoms with E-state index in [0.29, 0.717) is 16.9 Å². The number of hydrogen-bond acceptors (Lipinski definition) is 14. The summed E-state index contributed by atoms with van der Waals surface area (Å²) in [7, 11) is 1.40. The fourth-order valence-electron chi connectivity index (χ4n) is 4.46. The molecule has 2 fully saturated rings. The maximum Gasteiger partial charge on any atom is 0.229 e. The third-order valence-corrected chi connectivity index (χ3v) is 6.96. The van der Waals surface area contributed by atoms with Crippen molar-refractivity contribution in [3.05, 3.63) is 59.7 Å². The Morgan fingerprint density at radius 2 is 1.24 bits per heavy atom. The first kappa shape index (κ1) is 31.8. The van der Waals surface area contributed by atoms with Crippen LogP contribution in [0.4, 0.5) is 0 Å². The summed E-state index contributed by atoms with van der Waals surface area (Å²) in [5.41, 5.74) is 0.809. The van der Waals surface area contributed by atoms with Crippen LogP contribution in [0.2, 0.25) is 0 Å². The van der Waals surface area contributed by atoms with Gasteiger partial charge in [-0.3, -0.25) is 4.79 Å². The molecule has 14 nitrogen and oxygen atoms in total. The Morgan fingerprint density at radius 3 is 1.74 bits per heavy atom. The predicted octanol–water partition coefficient (Wildman–Crippen LogP) is -2.05. The maximum atomic E-state index is 12.8. The highest BCUT2D eigenvalue weighted by Gasteiger charge is 2.45. The van der Waals surface area contributed by atoms with Gasteiger partial charge in [0, 0.05) is 17.2 Å². The first-order valence-electron chi connectivity index (χ1n) is 13.0. The summed E-state index contributed by atoms with van der Waals surface area (Å²) in [4.78, 5) is 12.8. The normalized spacial score (nSPS) is 33.4. The second-order valence-electron chi connectivity index (χ2n) is 9.76. The van der Waals surface area contributed by atoms with E-state index in [1.165, 1.54) is 55.7 Å². The van der Waals surface area contributed by atoms with E-state index < -0.39 is 74.6 Å². The van der Waals surface area contributed by atoms with Crippen molar-refractivity contribution in [1.82, 2.24) is 0 Å². The van der Waals surface area contributed by atoms with Crippen LogP contribution in [0, 0.1) is 0 Å². The summed E-state index contributed by atoms with van der Waals surface area (Å²) >= 11 is 0. The van der Waals surface area contributed by atoms with Crippen LogP contribution in [-0.4, -0.2) is 128 Å². The number of ether oxygens (including phenoxy) is 5. The van der Waals surface area contributed by atoms with Crippen LogP contribution in [0.25, 0.3) is 6.08 Å². The lowest BCUT2D eigenvalue weighted by Crippen LogP contribution is -2.60. The molecule has 0 amide bonds. The monoisotopic (exact) mass is 594 g/mol. The molecular weight excluding hydrogens is 560 g/mol. The number of aliphatic hydroxyl groups is 8. The van der Waals surface area contributed by atoms with Gasteiger partial charge in [0.2, 0.25) is 12.6 Å². The van der Waals surface area contributed by atoms with Gasteiger partial charge in [-0.05, 0) is 48.6 Å². The zero-order chi connectivity index (χ0) is 30.6. The zero-order valence-corrected chi connectivity index (χ0v) is 22.4. The zero-order valence-electron chi connectivity index (χ0n) is 22.4. The number of benzene rings is 2. The SMILES string of the molecule is COc1cc(OC2OC(CO)C(O)C(O)C2O)ccc1C=CC(=O)c1ccc(OC2OC(CO)C(O)C(O)C2O)cc1. The smallest absolute Gasteiger partial charge is 0.229 e. The standard InChI is InChI=1S/C28H34O14/c1-38-18-10-16(40-28-26(37)24(35)22(33)20(12-30)42-28)8-4-14(18)5-9-17(31)13-2-6-15(7-3-13)39-27-25(36)23(34)21(32)19(11-29)41-27/h2-10,19-30,32-37H,11-12H2,1H3. The molecular formula is C28H34O14. The summed E-state index contributed by atoms with van der Waals surface area (Å²) in [6.07, 6.45) is -11.5. The third-order valence-electron chi connectivity index (χ3n) is 6.96. The van der Waals surface area contributed by atoms with Crippen molar-refractivity contribution in [1.29, 1.82) is 0 Å². The molecule has 2 aliphatic rings. The Balaban J connectivity index is 1.39. The molecule has 10 unspecified atom stereocenters. The summed E-state index contributed by atoms with van der Waals surface area (Å²) in [6.45, 7) is -1.19. The minimum Gasteiger partial charge on any atom is -0.496 e. The Hall–Kier alpha value is -3.15. The predicted molar refractivity (Wildman–Crippen MR) is 142 cm³/mol. The molecule has 2 heterocycles. The number of hydrogen-bond donors (Lipinski definition) is 8. The number of allylic oxidation sites excluding steroid dienone is 1. The van der Waals surface area contributed by atoms with Gasteiger partial charge >= 0.3 is 0 Å². The largest absolute Gasteiger partial charge is 0.496 e. The Kier molecular flexibility index (Phi) is 10.5. The number of methoxy groups -OCH3 is 1.